The van der Waals surface area contributed by atoms with Gasteiger partial charge in [-0.25, -0.2) is 4.79 Å². The Morgan fingerprint density at radius 3 is 2.73 bits per heavy atom. The third kappa shape index (κ3) is 1.31. The molecule has 0 saturated carbocycles. The molecule has 1 aliphatic rings. The van der Waals surface area contributed by atoms with Crippen LogP contribution in [0.3, 0.4) is 0 Å². The Bertz CT molecular complexity index is 469. The van der Waals surface area contributed by atoms with Gasteiger partial charge in [-0.15, -0.1) is 0 Å². The largest absolute Gasteiger partial charge is 0.507 e. The Morgan fingerprint density at radius 2 is 2.13 bits per heavy atom. The molecular weight excluding hydrogens is 200 g/mol. The summed E-state index contributed by atoms with van der Waals surface area (Å²) in [6.07, 6.45) is 0. The zero-order chi connectivity index (χ0) is 11.2. The van der Waals surface area contributed by atoms with Crippen molar-refractivity contribution >= 4 is 17.6 Å². The van der Waals surface area contributed by atoms with Crippen molar-refractivity contribution in [3.05, 3.63) is 23.3 Å². The van der Waals surface area contributed by atoms with Gasteiger partial charge in [0.1, 0.15) is 17.4 Å². The van der Waals surface area contributed by atoms with Crippen molar-refractivity contribution in [1.82, 2.24) is 0 Å². The van der Waals surface area contributed by atoms with Crippen molar-refractivity contribution in [3.8, 4) is 5.75 Å². The van der Waals surface area contributed by atoms with Crippen LogP contribution in [0.5, 0.6) is 5.75 Å². The van der Waals surface area contributed by atoms with E-state index in [9.17, 15) is 14.7 Å². The Kier molecular flexibility index (Phi) is 1.87. The molecule has 78 valence electrons. The minimum atomic E-state index is -1.26. The van der Waals surface area contributed by atoms with E-state index >= 15 is 0 Å². The molecule has 15 heavy (non-hydrogen) atoms. The number of rotatable bonds is 1. The first-order chi connectivity index (χ1) is 7.00. The van der Waals surface area contributed by atoms with E-state index in [1.807, 2.05) is 0 Å². The predicted octanol–water partition coefficient (Wildman–Crippen LogP) is 0.0423. The van der Waals surface area contributed by atoms with E-state index in [-0.39, 0.29) is 5.56 Å². The number of nitrogens with one attached hydrogen (secondary N) is 1. The molecule has 6 heteroatoms. The van der Waals surface area contributed by atoms with Crippen LogP contribution < -0.4 is 11.1 Å². The van der Waals surface area contributed by atoms with Crippen LogP contribution in [0, 0.1) is 0 Å². The van der Waals surface area contributed by atoms with Gasteiger partial charge in [-0.2, -0.15) is 0 Å². The zero-order valence-corrected chi connectivity index (χ0v) is 7.52. The average molecular weight is 208 g/mol. The molecule has 0 aliphatic carbocycles. The number of anilines is 1. The molecule has 0 saturated heterocycles. The maximum absolute atomic E-state index is 11.2. The van der Waals surface area contributed by atoms with Crippen LogP contribution in [0.15, 0.2) is 12.1 Å². The maximum Gasteiger partial charge on any atom is 0.339 e. The summed E-state index contributed by atoms with van der Waals surface area (Å²) in [6.45, 7) is 0. The molecule has 0 bridgehead atoms. The summed E-state index contributed by atoms with van der Waals surface area (Å²) in [6, 6.07) is 1.51. The van der Waals surface area contributed by atoms with Gasteiger partial charge in [0, 0.05) is 17.3 Å². The van der Waals surface area contributed by atoms with Gasteiger partial charge in [-0.05, 0) is 6.07 Å². The summed E-state index contributed by atoms with van der Waals surface area (Å²) in [5, 5.41) is 20.5. The summed E-state index contributed by atoms with van der Waals surface area (Å²) < 4.78 is 0. The molecule has 1 atom stereocenters. The van der Waals surface area contributed by atoms with Gasteiger partial charge in [0.25, 0.3) is 0 Å². The molecule has 6 nitrogen and oxygen atoms in total. The highest BCUT2D eigenvalue weighted by Gasteiger charge is 2.29. The number of carbonyl (C=O) groups excluding carboxylic acids is 1. The maximum atomic E-state index is 11.2. The van der Waals surface area contributed by atoms with E-state index < -0.39 is 23.7 Å². The Labute approximate surface area is 84.3 Å². The van der Waals surface area contributed by atoms with Gasteiger partial charge in [0.15, 0.2) is 0 Å². The molecule has 1 aliphatic heterocycles. The Morgan fingerprint density at radius 1 is 1.47 bits per heavy atom. The molecule has 0 spiro atoms. The zero-order valence-electron chi connectivity index (χ0n) is 7.52. The van der Waals surface area contributed by atoms with Gasteiger partial charge < -0.3 is 21.3 Å². The number of carboxylic acid groups (broad SMARTS) is 1. The number of carboxylic acids is 1. The van der Waals surface area contributed by atoms with E-state index in [1.165, 1.54) is 12.1 Å². The second kappa shape index (κ2) is 2.96. The second-order valence-corrected chi connectivity index (χ2v) is 3.23. The Balaban J connectivity index is 2.60. The summed E-state index contributed by atoms with van der Waals surface area (Å²) in [5.74, 6) is -2.07. The van der Waals surface area contributed by atoms with E-state index in [0.717, 1.165) is 0 Å². The normalized spacial score (nSPS) is 18.5. The average Bonchev–Trinajstić information content (AvgIpc) is 2.41. The fourth-order valence-electron chi connectivity index (χ4n) is 1.49. The number of benzene rings is 1. The summed E-state index contributed by atoms with van der Waals surface area (Å²) in [5.41, 5.74) is 6.00. The highest BCUT2D eigenvalue weighted by molar-refractivity contribution is 6.04. The van der Waals surface area contributed by atoms with E-state index in [0.29, 0.717) is 11.3 Å². The number of hydrogen-bond donors (Lipinski definition) is 4. The van der Waals surface area contributed by atoms with Crippen molar-refractivity contribution in [2.24, 2.45) is 5.73 Å². The topological polar surface area (TPSA) is 113 Å². The van der Waals surface area contributed by atoms with Gasteiger partial charge >= 0.3 is 5.97 Å². The predicted molar refractivity (Wildman–Crippen MR) is 50.6 cm³/mol. The quantitative estimate of drug-likeness (QED) is 0.520. The number of phenols is 1. The molecule has 1 heterocycles. The smallest absolute Gasteiger partial charge is 0.339 e. The molecule has 1 unspecified atom stereocenters. The molecular formula is C9H8N2O4. The van der Waals surface area contributed by atoms with Crippen LogP contribution in [0.25, 0.3) is 0 Å². The number of aromatic carboxylic acids is 1. The van der Waals surface area contributed by atoms with E-state index in [1.54, 1.807) is 0 Å². The van der Waals surface area contributed by atoms with Crippen molar-refractivity contribution in [2.45, 2.75) is 6.04 Å². The van der Waals surface area contributed by atoms with Crippen LogP contribution >= 0.6 is 0 Å². The van der Waals surface area contributed by atoms with Gasteiger partial charge in [0.05, 0.1) is 0 Å². The molecule has 5 N–H and O–H groups in total. The van der Waals surface area contributed by atoms with Gasteiger partial charge in [-0.3, -0.25) is 4.79 Å². The molecule has 1 amide bonds. The lowest BCUT2D eigenvalue weighted by Crippen LogP contribution is -2.19. The van der Waals surface area contributed by atoms with Crippen molar-refractivity contribution in [1.29, 1.82) is 0 Å². The van der Waals surface area contributed by atoms with E-state index in [4.69, 9.17) is 10.8 Å². The summed E-state index contributed by atoms with van der Waals surface area (Å²) in [4.78, 5) is 21.9. The number of carbonyl (C=O) groups is 2. The number of hydrogen-bond acceptors (Lipinski definition) is 4. The van der Waals surface area contributed by atoms with Crippen LogP contribution in [0.1, 0.15) is 22.0 Å². The first-order valence-electron chi connectivity index (χ1n) is 4.17. The molecule has 0 radical (unpaired) electrons. The number of nitrogens with two attached hydrogens (primary N) is 1. The highest BCUT2D eigenvalue weighted by atomic mass is 16.4. The SMILES string of the molecule is NC1C(=O)Nc2cc(O)c(C(=O)O)cc21. The summed E-state index contributed by atoms with van der Waals surface area (Å²) >= 11 is 0. The number of amides is 1. The van der Waals surface area contributed by atoms with Crippen molar-refractivity contribution in [2.75, 3.05) is 5.32 Å². The molecule has 0 aromatic heterocycles. The Hall–Kier alpha value is -2.08. The number of aromatic hydroxyl groups is 1. The minimum Gasteiger partial charge on any atom is -0.507 e. The van der Waals surface area contributed by atoms with Crippen LogP contribution in [-0.4, -0.2) is 22.1 Å². The lowest BCUT2D eigenvalue weighted by molar-refractivity contribution is -0.116. The van der Waals surface area contributed by atoms with Crippen LogP contribution in [0.2, 0.25) is 0 Å². The van der Waals surface area contributed by atoms with Gasteiger partial charge in [-0.1, -0.05) is 0 Å². The first kappa shape index (κ1) is 9.47. The number of fused-ring (bicyclic) bond motifs is 1. The van der Waals surface area contributed by atoms with Crippen molar-refractivity contribution in [3.63, 3.8) is 0 Å². The molecule has 1 aromatic rings. The van der Waals surface area contributed by atoms with Crippen molar-refractivity contribution < 1.29 is 19.8 Å². The lowest BCUT2D eigenvalue weighted by atomic mass is 10.0. The fraction of sp³-hybridized carbons (Fsp3) is 0.111. The fourth-order valence-corrected chi connectivity index (χ4v) is 1.49. The van der Waals surface area contributed by atoms with Crippen LogP contribution in [0.4, 0.5) is 5.69 Å². The minimum absolute atomic E-state index is 0.263. The molecule has 0 fully saturated rings. The molecule has 1 aromatic carbocycles. The second-order valence-electron chi connectivity index (χ2n) is 3.23. The highest BCUT2D eigenvalue weighted by Crippen LogP contribution is 2.34. The lowest BCUT2D eigenvalue weighted by Gasteiger charge is -2.04. The van der Waals surface area contributed by atoms with Crippen LogP contribution in [-0.2, 0) is 4.79 Å². The monoisotopic (exact) mass is 208 g/mol. The van der Waals surface area contributed by atoms with E-state index in [2.05, 4.69) is 5.32 Å². The van der Waals surface area contributed by atoms with Gasteiger partial charge in [0.2, 0.25) is 5.91 Å². The standard InChI is InChI=1S/C9H8N2O4/c10-7-3-1-4(9(14)15)6(12)2-5(3)11-8(7)13/h1-2,7,12H,10H2,(H,11,13)(H,14,15). The molecule has 2 rings (SSSR count). The third-order valence-corrected chi connectivity index (χ3v) is 2.27. The third-order valence-electron chi connectivity index (χ3n) is 2.27. The first-order valence-corrected chi connectivity index (χ1v) is 4.17. The summed E-state index contributed by atoms with van der Waals surface area (Å²) in [7, 11) is 0.